The van der Waals surface area contributed by atoms with Crippen LogP contribution >= 0.6 is 0 Å². The van der Waals surface area contributed by atoms with Crippen LogP contribution in [-0.4, -0.2) is 32.0 Å². The standard InChI is InChI=1S/C12H8F3NO5S/c1-20-11(17)8-3-2-7-4-5-16-10(9(7)6-8)21-22(18,19)12(13,14)15/h2-6H,1H3. The fraction of sp³-hybridized carbons (Fsp3) is 0.167. The highest BCUT2D eigenvalue weighted by Crippen LogP contribution is 2.30. The summed E-state index contributed by atoms with van der Waals surface area (Å²) in [6.45, 7) is 0. The lowest BCUT2D eigenvalue weighted by molar-refractivity contribution is -0.0500. The van der Waals surface area contributed by atoms with Crippen LogP contribution in [0.4, 0.5) is 13.2 Å². The first-order valence-corrected chi connectivity index (χ1v) is 7.04. The normalized spacial score (nSPS) is 12.2. The highest BCUT2D eigenvalue weighted by molar-refractivity contribution is 7.88. The predicted molar refractivity (Wildman–Crippen MR) is 68.7 cm³/mol. The molecule has 1 aromatic heterocycles. The molecule has 0 spiro atoms. The lowest BCUT2D eigenvalue weighted by atomic mass is 10.1. The van der Waals surface area contributed by atoms with Gasteiger partial charge in [-0.15, -0.1) is 0 Å². The summed E-state index contributed by atoms with van der Waals surface area (Å²) in [6.07, 6.45) is 1.08. The summed E-state index contributed by atoms with van der Waals surface area (Å²) in [7, 11) is -4.73. The number of hydrogen-bond acceptors (Lipinski definition) is 6. The van der Waals surface area contributed by atoms with Gasteiger partial charge in [-0.2, -0.15) is 21.6 Å². The van der Waals surface area contributed by atoms with Crippen LogP contribution in [0.15, 0.2) is 30.5 Å². The van der Waals surface area contributed by atoms with E-state index in [-0.39, 0.29) is 10.9 Å². The summed E-state index contributed by atoms with van der Waals surface area (Å²) >= 11 is 0. The van der Waals surface area contributed by atoms with Crippen molar-refractivity contribution < 1.29 is 35.3 Å². The van der Waals surface area contributed by atoms with Crippen molar-refractivity contribution >= 4 is 26.9 Å². The molecular formula is C12H8F3NO5S. The van der Waals surface area contributed by atoms with Crippen molar-refractivity contribution in [2.75, 3.05) is 7.11 Å². The van der Waals surface area contributed by atoms with Crippen LogP contribution in [0.3, 0.4) is 0 Å². The number of esters is 1. The number of aromatic nitrogens is 1. The first kappa shape index (κ1) is 16.0. The Bertz CT molecular complexity index is 832. The van der Waals surface area contributed by atoms with E-state index < -0.39 is 27.5 Å². The summed E-state index contributed by atoms with van der Waals surface area (Å²) in [4.78, 5) is 14.9. The van der Waals surface area contributed by atoms with E-state index in [2.05, 4.69) is 13.9 Å². The lowest BCUT2D eigenvalue weighted by Crippen LogP contribution is -2.28. The Balaban J connectivity index is 2.57. The van der Waals surface area contributed by atoms with Gasteiger partial charge in [0.15, 0.2) is 0 Å². The first-order chi connectivity index (χ1) is 10.2. The van der Waals surface area contributed by atoms with Crippen molar-refractivity contribution in [2.24, 2.45) is 0 Å². The van der Waals surface area contributed by atoms with Crippen LogP contribution in [0.1, 0.15) is 10.4 Å². The van der Waals surface area contributed by atoms with Gasteiger partial charge in [0.25, 0.3) is 0 Å². The highest BCUT2D eigenvalue weighted by atomic mass is 32.2. The molecule has 0 fully saturated rings. The molecule has 0 unspecified atom stereocenters. The smallest absolute Gasteiger partial charge is 0.465 e. The highest BCUT2D eigenvalue weighted by Gasteiger charge is 2.49. The van der Waals surface area contributed by atoms with Gasteiger partial charge in [0.2, 0.25) is 5.88 Å². The maximum absolute atomic E-state index is 12.4. The van der Waals surface area contributed by atoms with E-state index in [0.29, 0.717) is 5.39 Å². The fourth-order valence-corrected chi connectivity index (χ4v) is 2.04. The predicted octanol–water partition coefficient (Wildman–Crippen LogP) is 2.25. The molecule has 0 aliphatic carbocycles. The molecule has 0 saturated heterocycles. The fourth-order valence-electron chi connectivity index (χ4n) is 1.60. The van der Waals surface area contributed by atoms with Gasteiger partial charge >= 0.3 is 21.6 Å². The van der Waals surface area contributed by atoms with Crippen molar-refractivity contribution in [2.45, 2.75) is 5.51 Å². The van der Waals surface area contributed by atoms with Crippen molar-refractivity contribution in [1.82, 2.24) is 4.98 Å². The minimum absolute atomic E-state index is 0.0113. The molecule has 118 valence electrons. The van der Waals surface area contributed by atoms with E-state index in [4.69, 9.17) is 0 Å². The van der Waals surface area contributed by atoms with Crippen molar-refractivity contribution in [1.29, 1.82) is 0 Å². The van der Waals surface area contributed by atoms with Gasteiger partial charge < -0.3 is 8.92 Å². The van der Waals surface area contributed by atoms with Crippen LogP contribution in [0, 0.1) is 0 Å². The third kappa shape index (κ3) is 2.96. The van der Waals surface area contributed by atoms with E-state index in [1.165, 1.54) is 18.2 Å². The number of carbonyl (C=O) groups excluding carboxylic acids is 1. The number of ether oxygens (including phenoxy) is 1. The van der Waals surface area contributed by atoms with Crippen molar-refractivity contribution in [3.63, 3.8) is 0 Å². The summed E-state index contributed by atoms with van der Waals surface area (Å²) in [5.74, 6) is -1.52. The first-order valence-electron chi connectivity index (χ1n) is 5.63. The quantitative estimate of drug-likeness (QED) is 0.486. The van der Waals surface area contributed by atoms with E-state index in [1.807, 2.05) is 0 Å². The maximum Gasteiger partial charge on any atom is 0.534 e. The number of methoxy groups -OCH3 is 1. The molecule has 0 radical (unpaired) electrons. The molecule has 2 aromatic rings. The second kappa shape index (κ2) is 5.44. The number of benzene rings is 1. The molecule has 1 aromatic carbocycles. The van der Waals surface area contributed by atoms with Crippen LogP contribution in [-0.2, 0) is 14.9 Å². The molecule has 0 amide bonds. The number of halogens is 3. The topological polar surface area (TPSA) is 82.6 Å². The van der Waals surface area contributed by atoms with Crippen LogP contribution in [0.5, 0.6) is 5.88 Å². The molecule has 0 aliphatic rings. The van der Waals surface area contributed by atoms with Crippen LogP contribution in [0.25, 0.3) is 10.8 Å². The van der Waals surface area contributed by atoms with Gasteiger partial charge in [-0.05, 0) is 23.6 Å². The minimum atomic E-state index is -5.86. The van der Waals surface area contributed by atoms with E-state index in [1.54, 1.807) is 0 Å². The van der Waals surface area contributed by atoms with Crippen LogP contribution < -0.4 is 4.18 Å². The van der Waals surface area contributed by atoms with Gasteiger partial charge in [-0.1, -0.05) is 6.07 Å². The number of pyridine rings is 1. The average Bonchev–Trinajstić information content (AvgIpc) is 2.45. The van der Waals surface area contributed by atoms with E-state index in [9.17, 15) is 26.4 Å². The second-order valence-corrected chi connectivity index (χ2v) is 5.56. The molecule has 10 heteroatoms. The van der Waals surface area contributed by atoms with Crippen molar-refractivity contribution in [3.05, 3.63) is 36.0 Å². The van der Waals surface area contributed by atoms with Gasteiger partial charge in [0, 0.05) is 11.6 Å². The molecule has 0 bridgehead atoms. The maximum atomic E-state index is 12.4. The number of fused-ring (bicyclic) bond motifs is 1. The largest absolute Gasteiger partial charge is 0.534 e. The van der Waals surface area contributed by atoms with E-state index >= 15 is 0 Å². The Kier molecular flexibility index (Phi) is 3.96. The Morgan fingerprint density at radius 1 is 1.23 bits per heavy atom. The average molecular weight is 335 g/mol. The number of carbonyl (C=O) groups is 1. The molecule has 22 heavy (non-hydrogen) atoms. The lowest BCUT2D eigenvalue weighted by Gasteiger charge is -2.10. The SMILES string of the molecule is COC(=O)c1ccc2ccnc(OS(=O)(=O)C(F)(F)F)c2c1. The molecule has 0 aliphatic heterocycles. The van der Waals surface area contributed by atoms with E-state index in [0.717, 1.165) is 19.4 Å². The Hall–Kier alpha value is -2.36. The molecular weight excluding hydrogens is 327 g/mol. The number of alkyl halides is 3. The number of rotatable bonds is 3. The Morgan fingerprint density at radius 3 is 2.50 bits per heavy atom. The summed E-state index contributed by atoms with van der Waals surface area (Å²) in [5, 5.41) is 0.272. The van der Waals surface area contributed by atoms with Gasteiger partial charge in [-0.3, -0.25) is 0 Å². The van der Waals surface area contributed by atoms with Gasteiger partial charge in [-0.25, -0.2) is 9.78 Å². The summed E-state index contributed by atoms with van der Waals surface area (Å²) < 4.78 is 67.7. The second-order valence-electron chi connectivity index (χ2n) is 4.03. The molecule has 0 atom stereocenters. The van der Waals surface area contributed by atoms with Crippen molar-refractivity contribution in [3.8, 4) is 5.88 Å². The third-order valence-electron chi connectivity index (χ3n) is 2.62. The summed E-state index contributed by atoms with van der Waals surface area (Å²) in [6, 6.07) is 5.32. The summed E-state index contributed by atoms with van der Waals surface area (Å²) in [5.41, 5.74) is -5.58. The number of nitrogens with zero attached hydrogens (tertiary/aromatic N) is 1. The third-order valence-corrected chi connectivity index (χ3v) is 3.57. The van der Waals surface area contributed by atoms with Crippen LogP contribution in [0.2, 0.25) is 0 Å². The zero-order chi connectivity index (χ0) is 16.5. The molecule has 1 heterocycles. The zero-order valence-corrected chi connectivity index (χ0v) is 11.7. The monoisotopic (exact) mass is 335 g/mol. The molecule has 6 nitrogen and oxygen atoms in total. The Morgan fingerprint density at radius 2 is 1.91 bits per heavy atom. The number of hydrogen-bond donors (Lipinski definition) is 0. The van der Waals surface area contributed by atoms with Gasteiger partial charge in [0.1, 0.15) is 0 Å². The molecule has 2 rings (SSSR count). The minimum Gasteiger partial charge on any atom is -0.465 e. The molecule has 0 N–H and O–H groups in total. The van der Waals surface area contributed by atoms with Gasteiger partial charge in [0.05, 0.1) is 12.7 Å². The Labute approximate surface area is 122 Å². The zero-order valence-electron chi connectivity index (χ0n) is 10.9. The molecule has 0 saturated carbocycles.